The Morgan fingerprint density at radius 1 is 1.00 bits per heavy atom. The smallest absolute Gasteiger partial charge is 0.0445 e. The SMILES string of the molecule is O=C([O-])[C@@H]1CC[C@@H](C(=O)[O-])C1. The lowest BCUT2D eigenvalue weighted by Crippen LogP contribution is -2.32. The fourth-order valence-electron chi connectivity index (χ4n) is 1.41. The molecule has 0 spiro atoms. The molecule has 0 N–H and O–H groups in total. The van der Waals surface area contributed by atoms with Crippen LogP contribution in [0.4, 0.5) is 0 Å². The van der Waals surface area contributed by atoms with Gasteiger partial charge in [0.05, 0.1) is 0 Å². The molecule has 0 amide bonds. The van der Waals surface area contributed by atoms with Crippen molar-refractivity contribution in [2.45, 2.75) is 19.3 Å². The highest BCUT2D eigenvalue weighted by Gasteiger charge is 2.25. The van der Waals surface area contributed by atoms with E-state index >= 15 is 0 Å². The molecule has 1 aliphatic carbocycles. The minimum absolute atomic E-state index is 0.171. The largest absolute Gasteiger partial charge is 0.550 e. The molecule has 1 rings (SSSR count). The van der Waals surface area contributed by atoms with Gasteiger partial charge in [-0.15, -0.1) is 0 Å². The molecule has 1 fully saturated rings. The molecule has 0 aliphatic heterocycles. The van der Waals surface area contributed by atoms with E-state index in [1.165, 1.54) is 0 Å². The van der Waals surface area contributed by atoms with E-state index in [4.69, 9.17) is 0 Å². The Balaban J connectivity index is 2.47. The van der Waals surface area contributed by atoms with E-state index in [2.05, 4.69) is 0 Å². The number of aliphatic carboxylic acids is 2. The van der Waals surface area contributed by atoms with Gasteiger partial charge in [0.15, 0.2) is 0 Å². The van der Waals surface area contributed by atoms with E-state index in [1.807, 2.05) is 0 Å². The van der Waals surface area contributed by atoms with Crippen LogP contribution in [0.15, 0.2) is 0 Å². The molecule has 1 saturated carbocycles. The van der Waals surface area contributed by atoms with Crippen LogP contribution in [0.5, 0.6) is 0 Å². The van der Waals surface area contributed by atoms with Gasteiger partial charge in [-0.05, 0) is 31.1 Å². The van der Waals surface area contributed by atoms with Crippen molar-refractivity contribution in [1.82, 2.24) is 0 Å². The molecule has 0 aromatic rings. The molecule has 0 radical (unpaired) electrons. The molecule has 62 valence electrons. The number of carboxylic acids is 2. The van der Waals surface area contributed by atoms with Gasteiger partial charge in [0.1, 0.15) is 0 Å². The molecule has 4 nitrogen and oxygen atoms in total. The van der Waals surface area contributed by atoms with Crippen molar-refractivity contribution in [1.29, 1.82) is 0 Å². The number of hydrogen-bond acceptors (Lipinski definition) is 4. The third kappa shape index (κ3) is 1.69. The van der Waals surface area contributed by atoms with Crippen molar-refractivity contribution >= 4 is 11.9 Å². The lowest BCUT2D eigenvalue weighted by molar-refractivity contribution is -0.313. The summed E-state index contributed by atoms with van der Waals surface area (Å²) in [7, 11) is 0. The first kappa shape index (κ1) is 8.04. The summed E-state index contributed by atoms with van der Waals surface area (Å²) >= 11 is 0. The zero-order chi connectivity index (χ0) is 8.43. The molecule has 0 aromatic heterocycles. The number of carbonyl (C=O) groups excluding carboxylic acids is 2. The first-order chi connectivity index (χ1) is 5.11. The van der Waals surface area contributed by atoms with Gasteiger partial charge in [0, 0.05) is 11.9 Å². The minimum atomic E-state index is -1.14. The Labute approximate surface area is 63.8 Å². The van der Waals surface area contributed by atoms with Gasteiger partial charge >= 0.3 is 0 Å². The van der Waals surface area contributed by atoms with Gasteiger partial charge in [-0.25, -0.2) is 0 Å². The number of carbonyl (C=O) groups is 2. The van der Waals surface area contributed by atoms with Crippen LogP contribution in [0.25, 0.3) is 0 Å². The molecule has 4 heteroatoms. The van der Waals surface area contributed by atoms with Crippen molar-refractivity contribution in [3.63, 3.8) is 0 Å². The van der Waals surface area contributed by atoms with Crippen LogP contribution < -0.4 is 10.2 Å². The van der Waals surface area contributed by atoms with E-state index in [9.17, 15) is 19.8 Å². The average Bonchev–Trinajstić information content (AvgIpc) is 2.33. The van der Waals surface area contributed by atoms with Crippen molar-refractivity contribution in [2.24, 2.45) is 11.8 Å². The molecule has 0 heterocycles. The third-order valence-electron chi connectivity index (χ3n) is 2.10. The predicted molar refractivity (Wildman–Crippen MR) is 30.8 cm³/mol. The molecule has 11 heavy (non-hydrogen) atoms. The zero-order valence-corrected chi connectivity index (χ0v) is 5.91. The molecule has 0 unspecified atom stereocenters. The van der Waals surface area contributed by atoms with Crippen molar-refractivity contribution in [3.05, 3.63) is 0 Å². The quantitative estimate of drug-likeness (QED) is 0.458. The Morgan fingerprint density at radius 2 is 1.36 bits per heavy atom. The summed E-state index contributed by atoms with van der Waals surface area (Å²) in [5, 5.41) is 20.5. The van der Waals surface area contributed by atoms with Gasteiger partial charge in [0.2, 0.25) is 0 Å². The van der Waals surface area contributed by atoms with Gasteiger partial charge in [-0.3, -0.25) is 0 Å². The van der Waals surface area contributed by atoms with Crippen molar-refractivity contribution in [3.8, 4) is 0 Å². The molecule has 2 atom stereocenters. The second-order valence-electron chi connectivity index (χ2n) is 2.84. The fraction of sp³-hybridized carbons (Fsp3) is 0.714. The van der Waals surface area contributed by atoms with Crippen molar-refractivity contribution in [2.75, 3.05) is 0 Å². The van der Waals surface area contributed by atoms with Gasteiger partial charge in [0.25, 0.3) is 0 Å². The zero-order valence-electron chi connectivity index (χ0n) is 5.91. The first-order valence-corrected chi connectivity index (χ1v) is 3.53. The summed E-state index contributed by atoms with van der Waals surface area (Å²) in [6, 6.07) is 0. The van der Waals surface area contributed by atoms with E-state index in [0.717, 1.165) is 0 Å². The van der Waals surface area contributed by atoms with Crippen LogP contribution in [-0.2, 0) is 9.59 Å². The summed E-state index contributed by atoms with van der Waals surface area (Å²) < 4.78 is 0. The maximum atomic E-state index is 10.2. The van der Waals surface area contributed by atoms with Crippen LogP contribution in [0.3, 0.4) is 0 Å². The number of carboxylic acid groups (broad SMARTS) is 2. The molecular formula is C7H8O4-2. The Hall–Kier alpha value is -1.06. The van der Waals surface area contributed by atoms with Crippen molar-refractivity contribution < 1.29 is 19.8 Å². The molecule has 1 aliphatic rings. The van der Waals surface area contributed by atoms with Crippen LogP contribution in [0, 0.1) is 11.8 Å². The molecule has 0 saturated heterocycles. The van der Waals surface area contributed by atoms with Gasteiger partial charge in [-0.2, -0.15) is 0 Å². The van der Waals surface area contributed by atoms with Crippen LogP contribution in [0.2, 0.25) is 0 Å². The maximum absolute atomic E-state index is 10.2. The van der Waals surface area contributed by atoms with E-state index in [-0.39, 0.29) is 6.42 Å². The standard InChI is InChI=1S/C7H10O4/c8-6(9)4-1-2-5(3-4)7(10)11/h4-5H,1-3H2,(H,8,9)(H,10,11)/p-2/t4-,5-/m1/s1. The lowest BCUT2D eigenvalue weighted by Gasteiger charge is -2.12. The van der Waals surface area contributed by atoms with Crippen LogP contribution >= 0.6 is 0 Å². The summed E-state index contributed by atoms with van der Waals surface area (Å²) in [6.07, 6.45) is 0.979. The second kappa shape index (κ2) is 2.90. The molecule has 0 aromatic carbocycles. The highest BCUT2D eigenvalue weighted by Crippen LogP contribution is 2.29. The summed E-state index contributed by atoms with van der Waals surface area (Å²) in [6.45, 7) is 0. The topological polar surface area (TPSA) is 80.3 Å². The number of hydrogen-bond donors (Lipinski definition) is 0. The fourth-order valence-corrected chi connectivity index (χ4v) is 1.41. The van der Waals surface area contributed by atoms with Crippen LogP contribution in [-0.4, -0.2) is 11.9 Å². The minimum Gasteiger partial charge on any atom is -0.550 e. The van der Waals surface area contributed by atoms with E-state index < -0.39 is 23.8 Å². The highest BCUT2D eigenvalue weighted by molar-refractivity contribution is 5.72. The monoisotopic (exact) mass is 156 g/mol. The molecule has 0 bridgehead atoms. The number of rotatable bonds is 2. The van der Waals surface area contributed by atoms with Gasteiger partial charge < -0.3 is 19.8 Å². The second-order valence-corrected chi connectivity index (χ2v) is 2.84. The predicted octanol–water partition coefficient (Wildman–Crippen LogP) is -2.10. The summed E-state index contributed by atoms with van der Waals surface area (Å²) in [5.41, 5.74) is 0. The first-order valence-electron chi connectivity index (χ1n) is 3.53. The Kier molecular flexibility index (Phi) is 2.12. The Morgan fingerprint density at radius 3 is 1.55 bits per heavy atom. The van der Waals surface area contributed by atoms with Gasteiger partial charge in [-0.1, -0.05) is 0 Å². The molecular weight excluding hydrogens is 148 g/mol. The normalized spacial score (nSPS) is 30.2. The Bertz CT molecular complexity index is 167. The average molecular weight is 156 g/mol. The third-order valence-corrected chi connectivity index (χ3v) is 2.10. The lowest BCUT2D eigenvalue weighted by atomic mass is 10.1. The highest BCUT2D eigenvalue weighted by atomic mass is 16.4. The van der Waals surface area contributed by atoms with Crippen LogP contribution in [0.1, 0.15) is 19.3 Å². The summed E-state index contributed by atoms with van der Waals surface area (Å²) in [5.74, 6) is -3.46. The van der Waals surface area contributed by atoms with E-state index in [1.54, 1.807) is 0 Å². The van der Waals surface area contributed by atoms with E-state index in [0.29, 0.717) is 12.8 Å². The summed E-state index contributed by atoms with van der Waals surface area (Å²) in [4.78, 5) is 20.5. The maximum Gasteiger partial charge on any atom is 0.0445 e.